The van der Waals surface area contributed by atoms with Gasteiger partial charge in [0.15, 0.2) is 17.5 Å². The smallest absolute Gasteiger partial charge is 0.259 e. The standard InChI is InChI=1S/C12H9F3N4O/c13-8-3-6(4-9(14)11(8)15)18-12(20)7-5-17-2-1-10(7)19-16/h1-5H,16H2,(H,17,19)(H,18,20). The predicted molar refractivity (Wildman–Crippen MR) is 66.3 cm³/mol. The van der Waals surface area contributed by atoms with Gasteiger partial charge in [0, 0.05) is 30.2 Å². The van der Waals surface area contributed by atoms with Crippen LogP contribution < -0.4 is 16.6 Å². The fourth-order valence-corrected chi connectivity index (χ4v) is 1.53. The summed E-state index contributed by atoms with van der Waals surface area (Å²) in [6, 6.07) is 2.78. The molecule has 0 aliphatic heterocycles. The normalized spacial score (nSPS) is 10.2. The quantitative estimate of drug-likeness (QED) is 0.457. The summed E-state index contributed by atoms with van der Waals surface area (Å²) >= 11 is 0. The summed E-state index contributed by atoms with van der Waals surface area (Å²) in [5, 5.41) is 2.22. The van der Waals surface area contributed by atoms with Gasteiger partial charge in [0.05, 0.1) is 11.3 Å². The lowest BCUT2D eigenvalue weighted by Crippen LogP contribution is -2.17. The van der Waals surface area contributed by atoms with Gasteiger partial charge < -0.3 is 10.7 Å². The van der Waals surface area contributed by atoms with E-state index in [2.05, 4.69) is 15.7 Å². The Labute approximate surface area is 111 Å². The highest BCUT2D eigenvalue weighted by Crippen LogP contribution is 2.19. The number of nitrogen functional groups attached to an aromatic ring is 1. The van der Waals surface area contributed by atoms with Crippen LogP contribution in [0.25, 0.3) is 0 Å². The zero-order valence-electron chi connectivity index (χ0n) is 9.95. The molecule has 4 N–H and O–H groups in total. The van der Waals surface area contributed by atoms with Gasteiger partial charge in [-0.15, -0.1) is 0 Å². The Kier molecular flexibility index (Phi) is 3.85. The van der Waals surface area contributed by atoms with Crippen molar-refractivity contribution < 1.29 is 18.0 Å². The van der Waals surface area contributed by atoms with Crippen molar-refractivity contribution in [3.63, 3.8) is 0 Å². The summed E-state index contributed by atoms with van der Waals surface area (Å²) < 4.78 is 38.8. The van der Waals surface area contributed by atoms with E-state index in [1.807, 2.05) is 0 Å². The topological polar surface area (TPSA) is 80.0 Å². The third kappa shape index (κ3) is 2.69. The number of hydrogen-bond acceptors (Lipinski definition) is 4. The number of hydrazine groups is 1. The molecule has 0 radical (unpaired) electrons. The molecule has 20 heavy (non-hydrogen) atoms. The number of carbonyl (C=O) groups excluding carboxylic acids is 1. The van der Waals surface area contributed by atoms with Gasteiger partial charge in [0.1, 0.15) is 0 Å². The molecule has 2 rings (SSSR count). The maximum Gasteiger partial charge on any atom is 0.259 e. The molecule has 0 aliphatic rings. The average Bonchev–Trinajstić information content (AvgIpc) is 2.44. The van der Waals surface area contributed by atoms with Gasteiger partial charge in [-0.3, -0.25) is 15.6 Å². The van der Waals surface area contributed by atoms with E-state index in [0.717, 1.165) is 0 Å². The van der Waals surface area contributed by atoms with E-state index in [9.17, 15) is 18.0 Å². The Morgan fingerprint density at radius 2 is 1.85 bits per heavy atom. The second-order valence-corrected chi connectivity index (χ2v) is 3.77. The molecule has 5 nitrogen and oxygen atoms in total. The van der Waals surface area contributed by atoms with Gasteiger partial charge >= 0.3 is 0 Å². The summed E-state index contributed by atoms with van der Waals surface area (Å²) in [6.45, 7) is 0. The van der Waals surface area contributed by atoms with Crippen LogP contribution in [-0.2, 0) is 0 Å². The highest BCUT2D eigenvalue weighted by molar-refractivity contribution is 6.07. The Hall–Kier alpha value is -2.61. The highest BCUT2D eigenvalue weighted by atomic mass is 19.2. The molecule has 0 bridgehead atoms. The molecule has 1 heterocycles. The van der Waals surface area contributed by atoms with E-state index in [0.29, 0.717) is 12.1 Å². The van der Waals surface area contributed by atoms with Crippen LogP contribution in [0.5, 0.6) is 0 Å². The summed E-state index contributed by atoms with van der Waals surface area (Å²) in [6.07, 6.45) is 2.63. The van der Waals surface area contributed by atoms with Crippen molar-refractivity contribution in [2.24, 2.45) is 5.84 Å². The zero-order valence-corrected chi connectivity index (χ0v) is 9.95. The van der Waals surface area contributed by atoms with Crippen LogP contribution >= 0.6 is 0 Å². The molecule has 0 saturated heterocycles. The van der Waals surface area contributed by atoms with Crippen molar-refractivity contribution in [3.8, 4) is 0 Å². The molecule has 8 heteroatoms. The fourth-order valence-electron chi connectivity index (χ4n) is 1.53. The van der Waals surface area contributed by atoms with Crippen LogP contribution in [0.3, 0.4) is 0 Å². The predicted octanol–water partition coefficient (Wildman–Crippen LogP) is 2.04. The maximum absolute atomic E-state index is 13.0. The third-order valence-corrected chi connectivity index (χ3v) is 2.46. The van der Waals surface area contributed by atoms with Crippen molar-refractivity contribution in [1.29, 1.82) is 0 Å². The Bertz CT molecular complexity index is 640. The molecule has 0 atom stereocenters. The summed E-state index contributed by atoms with van der Waals surface area (Å²) in [4.78, 5) is 15.7. The van der Waals surface area contributed by atoms with Crippen LogP contribution in [0.2, 0.25) is 0 Å². The second kappa shape index (κ2) is 5.57. The van der Waals surface area contributed by atoms with Crippen molar-refractivity contribution in [1.82, 2.24) is 4.98 Å². The second-order valence-electron chi connectivity index (χ2n) is 3.77. The number of benzene rings is 1. The van der Waals surface area contributed by atoms with E-state index in [4.69, 9.17) is 5.84 Å². The minimum atomic E-state index is -1.60. The molecule has 1 aromatic carbocycles. The van der Waals surface area contributed by atoms with E-state index < -0.39 is 23.4 Å². The van der Waals surface area contributed by atoms with Crippen molar-refractivity contribution in [2.45, 2.75) is 0 Å². The van der Waals surface area contributed by atoms with Crippen molar-refractivity contribution >= 4 is 17.3 Å². The summed E-state index contributed by atoms with van der Waals surface area (Å²) in [5.41, 5.74) is 2.41. The monoisotopic (exact) mass is 282 g/mol. The number of amides is 1. The molecule has 2 aromatic rings. The number of nitrogens with one attached hydrogen (secondary N) is 2. The summed E-state index contributed by atoms with van der Waals surface area (Å²) in [7, 11) is 0. The Morgan fingerprint density at radius 3 is 2.45 bits per heavy atom. The molecule has 0 saturated carbocycles. The van der Waals surface area contributed by atoms with Gasteiger partial charge in [-0.2, -0.15) is 0 Å². The van der Waals surface area contributed by atoms with Gasteiger partial charge in [-0.25, -0.2) is 13.2 Å². The Balaban J connectivity index is 2.28. The summed E-state index contributed by atoms with van der Waals surface area (Å²) in [5.74, 6) is 0.123. The first-order chi connectivity index (χ1) is 9.52. The fraction of sp³-hybridized carbons (Fsp3) is 0. The number of rotatable bonds is 3. The van der Waals surface area contributed by atoms with Crippen LogP contribution in [0.15, 0.2) is 30.6 Å². The molecule has 0 spiro atoms. The minimum Gasteiger partial charge on any atom is -0.323 e. The zero-order chi connectivity index (χ0) is 14.7. The number of aromatic nitrogens is 1. The van der Waals surface area contributed by atoms with Crippen LogP contribution in [0.1, 0.15) is 10.4 Å². The van der Waals surface area contributed by atoms with Crippen molar-refractivity contribution in [3.05, 3.63) is 53.6 Å². The minimum absolute atomic E-state index is 0.0696. The highest BCUT2D eigenvalue weighted by Gasteiger charge is 2.15. The molecule has 1 aromatic heterocycles. The number of carbonyl (C=O) groups is 1. The molecule has 0 unspecified atom stereocenters. The first kappa shape index (κ1) is 13.8. The van der Waals surface area contributed by atoms with Gasteiger partial charge in [0.25, 0.3) is 5.91 Å². The number of pyridine rings is 1. The number of nitrogens with two attached hydrogens (primary N) is 1. The molecule has 0 fully saturated rings. The number of halogens is 3. The lowest BCUT2D eigenvalue weighted by molar-refractivity contribution is 0.102. The molecule has 0 aliphatic carbocycles. The molecule has 104 valence electrons. The lowest BCUT2D eigenvalue weighted by Gasteiger charge is -2.09. The number of anilines is 2. The van der Waals surface area contributed by atoms with Crippen LogP contribution in [-0.4, -0.2) is 10.9 Å². The van der Waals surface area contributed by atoms with Crippen LogP contribution in [0.4, 0.5) is 24.5 Å². The first-order valence-corrected chi connectivity index (χ1v) is 5.39. The van der Waals surface area contributed by atoms with Gasteiger partial charge in [-0.1, -0.05) is 0 Å². The van der Waals surface area contributed by atoms with E-state index in [1.54, 1.807) is 0 Å². The molecular formula is C12H9F3N4O. The van der Waals surface area contributed by atoms with Crippen molar-refractivity contribution in [2.75, 3.05) is 10.7 Å². The molecular weight excluding hydrogens is 273 g/mol. The largest absolute Gasteiger partial charge is 0.323 e. The Morgan fingerprint density at radius 1 is 1.20 bits per heavy atom. The first-order valence-electron chi connectivity index (χ1n) is 5.39. The SMILES string of the molecule is NNc1ccncc1C(=O)Nc1cc(F)c(F)c(F)c1. The van der Waals surface area contributed by atoms with E-state index in [-0.39, 0.29) is 16.9 Å². The number of nitrogens with zero attached hydrogens (tertiary/aromatic N) is 1. The van der Waals surface area contributed by atoms with Gasteiger partial charge in [0.2, 0.25) is 0 Å². The molecule has 1 amide bonds. The van der Waals surface area contributed by atoms with E-state index in [1.165, 1.54) is 18.5 Å². The van der Waals surface area contributed by atoms with Gasteiger partial charge in [-0.05, 0) is 6.07 Å². The van der Waals surface area contributed by atoms with Crippen LogP contribution in [0, 0.1) is 17.5 Å². The maximum atomic E-state index is 13.0. The third-order valence-electron chi connectivity index (χ3n) is 2.46. The number of hydrogen-bond donors (Lipinski definition) is 3. The average molecular weight is 282 g/mol. The lowest BCUT2D eigenvalue weighted by atomic mass is 10.2. The van der Waals surface area contributed by atoms with E-state index >= 15 is 0 Å².